The second-order valence-electron chi connectivity index (χ2n) is 3.10. The van der Waals surface area contributed by atoms with Crippen LogP contribution in [-0.4, -0.2) is 10.9 Å². The Balaban J connectivity index is 2.49. The molecule has 5 heteroatoms. The van der Waals surface area contributed by atoms with Gasteiger partial charge >= 0.3 is 5.96 Å². The minimum Gasteiger partial charge on any atom is -0.288 e. The molecule has 0 atom stereocenters. The van der Waals surface area contributed by atoms with E-state index in [4.69, 9.17) is 11.1 Å². The highest BCUT2D eigenvalue weighted by Crippen LogP contribution is 2.14. The fourth-order valence-electron chi connectivity index (χ4n) is 1.26. The van der Waals surface area contributed by atoms with E-state index in [2.05, 4.69) is 9.98 Å². The van der Waals surface area contributed by atoms with Crippen LogP contribution in [0.1, 0.15) is 0 Å². The molecule has 0 bridgehead atoms. The zero-order chi connectivity index (χ0) is 11.4. The molecule has 0 saturated heterocycles. The molecule has 1 heterocycles. The Morgan fingerprint density at radius 2 is 2.00 bits per heavy atom. The van der Waals surface area contributed by atoms with Gasteiger partial charge in [0.05, 0.1) is 5.69 Å². The average molecular weight is 231 g/mol. The first-order chi connectivity index (χ1) is 7.75. The van der Waals surface area contributed by atoms with Crippen molar-refractivity contribution in [1.82, 2.24) is 4.98 Å². The van der Waals surface area contributed by atoms with Crippen LogP contribution in [0.5, 0.6) is 0 Å². The highest BCUT2D eigenvalue weighted by atomic mass is 32.1. The summed E-state index contributed by atoms with van der Waals surface area (Å²) in [5, 5.41) is 7.22. The summed E-state index contributed by atoms with van der Waals surface area (Å²) in [6.07, 6.45) is 0. The molecule has 4 nitrogen and oxygen atoms in total. The summed E-state index contributed by atoms with van der Waals surface area (Å²) in [6, 6.07) is 11.8. The lowest BCUT2D eigenvalue weighted by Gasteiger charge is -1.97. The normalized spacial score (nSPS) is 11.4. The van der Waals surface area contributed by atoms with Crippen LogP contribution in [0.4, 0.5) is 0 Å². The summed E-state index contributed by atoms with van der Waals surface area (Å²) >= 11 is 1.39. The molecule has 2 rings (SSSR count). The molecule has 0 saturated carbocycles. The Labute approximate surface area is 96.6 Å². The standard InChI is InChI=1S/C11H10N4S/c12-10(13)15-11-14-9(6-7-16-11)8-4-2-1-3-5-8/h1-7H,(H3,12,13)/p+1/b15-11-. The first kappa shape index (κ1) is 10.5. The molecule has 0 amide bonds. The average Bonchev–Trinajstić information content (AvgIpc) is 2.30. The van der Waals surface area contributed by atoms with E-state index in [1.54, 1.807) is 0 Å². The predicted octanol–water partition coefficient (Wildman–Crippen LogP) is -0.215. The van der Waals surface area contributed by atoms with Gasteiger partial charge in [-0.1, -0.05) is 41.7 Å². The molecule has 1 aromatic heterocycles. The van der Waals surface area contributed by atoms with Crippen molar-refractivity contribution in [2.75, 3.05) is 0 Å². The van der Waals surface area contributed by atoms with Gasteiger partial charge in [0.2, 0.25) is 0 Å². The van der Waals surface area contributed by atoms with E-state index in [-0.39, 0.29) is 5.96 Å². The maximum atomic E-state index is 5.31. The number of nitrogens with zero attached hydrogens (tertiary/aromatic N) is 2. The fourth-order valence-corrected chi connectivity index (χ4v) is 1.89. The molecule has 0 aliphatic heterocycles. The quantitative estimate of drug-likeness (QED) is 0.526. The van der Waals surface area contributed by atoms with Gasteiger partial charge in [-0.25, -0.2) is 4.98 Å². The largest absolute Gasteiger partial charge is 0.383 e. The summed E-state index contributed by atoms with van der Waals surface area (Å²) in [5.74, 6) is 0.0222. The molecule has 16 heavy (non-hydrogen) atoms. The van der Waals surface area contributed by atoms with Crippen LogP contribution in [0.3, 0.4) is 0 Å². The summed E-state index contributed by atoms with van der Waals surface area (Å²) < 4.78 is 0. The summed E-state index contributed by atoms with van der Waals surface area (Å²) in [4.78, 5) is 8.84. The van der Waals surface area contributed by atoms with Crippen molar-refractivity contribution in [3.05, 3.63) is 46.6 Å². The first-order valence-corrected chi connectivity index (χ1v) is 5.57. The number of nitrogens with two attached hydrogens (primary N) is 2. The molecule has 0 unspecified atom stereocenters. The Hall–Kier alpha value is -2.01. The molecule has 0 spiro atoms. The highest BCUT2D eigenvalue weighted by molar-refractivity contribution is 7.06. The topological polar surface area (TPSA) is 76.9 Å². The second-order valence-corrected chi connectivity index (χ2v) is 3.98. The van der Waals surface area contributed by atoms with Crippen molar-refractivity contribution >= 4 is 17.3 Å². The van der Waals surface area contributed by atoms with Crippen LogP contribution in [0.2, 0.25) is 0 Å². The minimum absolute atomic E-state index is 0.0222. The Kier molecular flexibility index (Phi) is 3.07. The van der Waals surface area contributed by atoms with E-state index in [1.807, 2.05) is 41.8 Å². The van der Waals surface area contributed by atoms with E-state index in [1.165, 1.54) is 11.3 Å². The maximum absolute atomic E-state index is 5.31. The lowest BCUT2D eigenvalue weighted by Crippen LogP contribution is -2.45. The van der Waals surface area contributed by atoms with Gasteiger partial charge in [0, 0.05) is 5.56 Å². The number of guanidine groups is 1. The zero-order valence-electron chi connectivity index (χ0n) is 8.50. The lowest BCUT2D eigenvalue weighted by molar-refractivity contribution is -0.117. The van der Waals surface area contributed by atoms with Gasteiger partial charge in [-0.2, -0.15) is 0 Å². The molecular weight excluding hydrogens is 220 g/mol. The molecule has 0 fully saturated rings. The number of hydrogen-bond acceptors (Lipinski definition) is 2. The highest BCUT2D eigenvalue weighted by Gasteiger charge is 2.00. The third kappa shape index (κ3) is 2.52. The monoisotopic (exact) mass is 231 g/mol. The van der Waals surface area contributed by atoms with E-state index >= 15 is 0 Å². The lowest BCUT2D eigenvalue weighted by atomic mass is 10.2. The van der Waals surface area contributed by atoms with Crippen molar-refractivity contribution in [2.45, 2.75) is 0 Å². The molecule has 0 radical (unpaired) electrons. The SMILES string of the molecule is NC(=[NH2+])/N=c1/nc(-c2ccccc2)ccs1. The van der Waals surface area contributed by atoms with Gasteiger partial charge in [0.15, 0.2) is 0 Å². The second kappa shape index (κ2) is 4.67. The molecule has 4 N–H and O–H groups in total. The Morgan fingerprint density at radius 3 is 2.69 bits per heavy atom. The van der Waals surface area contributed by atoms with Crippen molar-refractivity contribution in [3.8, 4) is 11.3 Å². The van der Waals surface area contributed by atoms with E-state index in [0.29, 0.717) is 4.80 Å². The summed E-state index contributed by atoms with van der Waals surface area (Å²) in [7, 11) is 0. The molecular formula is C11H11N4S+. The Morgan fingerprint density at radius 1 is 1.25 bits per heavy atom. The maximum Gasteiger partial charge on any atom is 0.383 e. The molecule has 2 aromatic rings. The van der Waals surface area contributed by atoms with Gasteiger partial charge < -0.3 is 0 Å². The van der Waals surface area contributed by atoms with Crippen molar-refractivity contribution in [1.29, 1.82) is 0 Å². The van der Waals surface area contributed by atoms with Crippen LogP contribution in [0.15, 0.2) is 46.8 Å². The van der Waals surface area contributed by atoms with E-state index in [0.717, 1.165) is 11.3 Å². The minimum atomic E-state index is 0.0222. The number of aromatic nitrogens is 1. The number of hydrogen-bond donors (Lipinski definition) is 2. The third-order valence-corrected chi connectivity index (χ3v) is 2.58. The van der Waals surface area contributed by atoms with Crippen molar-refractivity contribution in [3.63, 3.8) is 0 Å². The molecule has 0 aliphatic rings. The van der Waals surface area contributed by atoms with Gasteiger partial charge in [-0.15, -0.1) is 0 Å². The summed E-state index contributed by atoms with van der Waals surface area (Å²) in [6.45, 7) is 0. The van der Waals surface area contributed by atoms with Gasteiger partial charge in [0.25, 0.3) is 4.80 Å². The smallest absolute Gasteiger partial charge is 0.288 e. The van der Waals surface area contributed by atoms with Crippen LogP contribution in [0.25, 0.3) is 11.3 Å². The number of rotatable bonds is 1. The van der Waals surface area contributed by atoms with Crippen LogP contribution in [-0.2, 0) is 0 Å². The van der Waals surface area contributed by atoms with Crippen LogP contribution < -0.4 is 15.9 Å². The number of benzene rings is 1. The van der Waals surface area contributed by atoms with Gasteiger partial charge in [0.1, 0.15) is 0 Å². The van der Waals surface area contributed by atoms with Crippen molar-refractivity contribution < 1.29 is 5.41 Å². The molecule has 80 valence electrons. The first-order valence-electron chi connectivity index (χ1n) is 4.69. The van der Waals surface area contributed by atoms with Crippen LogP contribution in [0, 0.1) is 0 Å². The van der Waals surface area contributed by atoms with E-state index < -0.39 is 0 Å². The fraction of sp³-hybridized carbons (Fsp3) is 0. The van der Waals surface area contributed by atoms with E-state index in [9.17, 15) is 0 Å². The predicted molar refractivity (Wildman–Crippen MR) is 64.2 cm³/mol. The molecule has 1 aromatic carbocycles. The Bertz CT molecular complexity index is 559. The molecule has 0 aliphatic carbocycles. The van der Waals surface area contributed by atoms with Crippen molar-refractivity contribution in [2.24, 2.45) is 10.7 Å². The van der Waals surface area contributed by atoms with Crippen LogP contribution >= 0.6 is 11.3 Å². The zero-order valence-corrected chi connectivity index (χ0v) is 9.32. The van der Waals surface area contributed by atoms with Gasteiger partial charge in [-0.3, -0.25) is 11.1 Å². The third-order valence-electron chi connectivity index (χ3n) is 1.91. The van der Waals surface area contributed by atoms with Gasteiger partial charge in [-0.05, 0) is 16.4 Å². The summed E-state index contributed by atoms with van der Waals surface area (Å²) in [5.41, 5.74) is 7.21.